The fourth-order valence-corrected chi connectivity index (χ4v) is 1.84. The fraction of sp³-hybridized carbons (Fsp3) is 0.800. The molecule has 0 aliphatic carbocycles. The van der Waals surface area contributed by atoms with Crippen molar-refractivity contribution < 1.29 is 4.74 Å². The van der Waals surface area contributed by atoms with Crippen LogP contribution in [0.5, 0.6) is 0 Å². The van der Waals surface area contributed by atoms with E-state index in [0.29, 0.717) is 0 Å². The number of nitrogens with one attached hydrogen (secondary N) is 1. The molecule has 0 aromatic heterocycles. The van der Waals surface area contributed by atoms with Gasteiger partial charge in [0.15, 0.2) is 0 Å². The summed E-state index contributed by atoms with van der Waals surface area (Å²) >= 11 is 0. The van der Waals surface area contributed by atoms with Gasteiger partial charge in [0.1, 0.15) is 0 Å². The molecule has 2 nitrogen and oxygen atoms in total. The third-order valence-corrected chi connectivity index (χ3v) is 2.43. The topological polar surface area (TPSA) is 21.3 Å². The summed E-state index contributed by atoms with van der Waals surface area (Å²) in [5.74, 6) is 2.74. The van der Waals surface area contributed by atoms with Crippen LogP contribution in [0.15, 0.2) is 0 Å². The zero-order valence-electron chi connectivity index (χ0n) is 7.73. The van der Waals surface area contributed by atoms with E-state index in [4.69, 9.17) is 11.2 Å². The Morgan fingerprint density at radius 3 is 3.00 bits per heavy atom. The van der Waals surface area contributed by atoms with Crippen molar-refractivity contribution in [1.82, 2.24) is 5.32 Å². The van der Waals surface area contributed by atoms with Crippen LogP contribution in [-0.4, -0.2) is 26.8 Å². The fourth-order valence-electron chi connectivity index (χ4n) is 1.84. The van der Waals surface area contributed by atoms with Crippen molar-refractivity contribution in [2.75, 3.05) is 26.8 Å². The summed E-state index contributed by atoms with van der Waals surface area (Å²) in [6.07, 6.45) is 8.50. The van der Waals surface area contributed by atoms with Gasteiger partial charge in [-0.2, -0.15) is 0 Å². The van der Waals surface area contributed by atoms with E-state index in [1.54, 1.807) is 0 Å². The molecule has 1 aliphatic heterocycles. The van der Waals surface area contributed by atoms with Crippen LogP contribution in [-0.2, 0) is 4.74 Å². The van der Waals surface area contributed by atoms with Crippen LogP contribution < -0.4 is 5.32 Å². The molecule has 0 aromatic carbocycles. The molecule has 1 unspecified atom stereocenters. The minimum Gasteiger partial charge on any atom is -0.381 e. The van der Waals surface area contributed by atoms with Gasteiger partial charge in [-0.05, 0) is 19.9 Å². The molecule has 68 valence electrons. The van der Waals surface area contributed by atoms with Crippen molar-refractivity contribution >= 4 is 0 Å². The average Bonchev–Trinajstić information content (AvgIpc) is 2.07. The van der Waals surface area contributed by atoms with E-state index in [2.05, 4.69) is 11.2 Å². The molecule has 0 spiro atoms. The lowest BCUT2D eigenvalue weighted by Crippen LogP contribution is -2.39. The number of terminal acetylenes is 1. The van der Waals surface area contributed by atoms with Crippen molar-refractivity contribution in [3.63, 3.8) is 0 Å². The van der Waals surface area contributed by atoms with E-state index in [1.807, 2.05) is 7.05 Å². The third-order valence-electron chi connectivity index (χ3n) is 2.43. The molecule has 0 bridgehead atoms. The number of hydrogen-bond acceptors (Lipinski definition) is 2. The predicted molar refractivity (Wildman–Crippen MR) is 49.9 cm³/mol. The lowest BCUT2D eigenvalue weighted by Gasteiger charge is -2.35. The van der Waals surface area contributed by atoms with Crippen molar-refractivity contribution in [2.45, 2.75) is 19.3 Å². The molecular formula is C10H17NO. The molecule has 0 saturated carbocycles. The van der Waals surface area contributed by atoms with Crippen LogP contribution in [0.3, 0.4) is 0 Å². The highest BCUT2D eigenvalue weighted by atomic mass is 16.5. The Balaban J connectivity index is 2.51. The smallest absolute Gasteiger partial charge is 0.0543 e. The van der Waals surface area contributed by atoms with Gasteiger partial charge >= 0.3 is 0 Å². The van der Waals surface area contributed by atoms with Crippen molar-refractivity contribution in [3.8, 4) is 12.3 Å². The van der Waals surface area contributed by atoms with Gasteiger partial charge in [0.05, 0.1) is 6.61 Å². The van der Waals surface area contributed by atoms with Gasteiger partial charge in [0.25, 0.3) is 0 Å². The number of rotatable bonds is 3. The summed E-state index contributed by atoms with van der Waals surface area (Å²) in [5, 5.41) is 3.19. The minimum atomic E-state index is 0.210. The molecule has 12 heavy (non-hydrogen) atoms. The predicted octanol–water partition coefficient (Wildman–Crippen LogP) is 1.03. The second-order valence-corrected chi connectivity index (χ2v) is 3.57. The van der Waals surface area contributed by atoms with Crippen LogP contribution in [0.4, 0.5) is 0 Å². The van der Waals surface area contributed by atoms with Gasteiger partial charge in [-0.3, -0.25) is 0 Å². The first kappa shape index (κ1) is 9.57. The van der Waals surface area contributed by atoms with E-state index in [0.717, 1.165) is 32.6 Å². The summed E-state index contributed by atoms with van der Waals surface area (Å²) in [6, 6.07) is 0. The highest BCUT2D eigenvalue weighted by Crippen LogP contribution is 2.30. The Kier molecular flexibility index (Phi) is 3.58. The number of ether oxygens (including phenoxy) is 1. The first-order chi connectivity index (χ1) is 5.83. The molecule has 1 N–H and O–H groups in total. The summed E-state index contributed by atoms with van der Waals surface area (Å²) in [7, 11) is 1.97. The molecular weight excluding hydrogens is 150 g/mol. The zero-order valence-corrected chi connectivity index (χ0v) is 7.73. The molecule has 1 saturated heterocycles. The van der Waals surface area contributed by atoms with E-state index in [1.165, 1.54) is 6.42 Å². The average molecular weight is 167 g/mol. The van der Waals surface area contributed by atoms with Crippen LogP contribution in [0, 0.1) is 17.8 Å². The molecule has 0 amide bonds. The molecule has 1 aliphatic rings. The van der Waals surface area contributed by atoms with E-state index in [9.17, 15) is 0 Å². The lowest BCUT2D eigenvalue weighted by atomic mass is 9.80. The molecule has 1 rings (SSSR count). The van der Waals surface area contributed by atoms with Crippen LogP contribution in [0.2, 0.25) is 0 Å². The Hall–Kier alpha value is -0.520. The SMILES string of the molecule is C#CCC1(CNC)CCCOC1. The first-order valence-corrected chi connectivity index (χ1v) is 4.49. The Morgan fingerprint density at radius 1 is 1.67 bits per heavy atom. The molecule has 1 fully saturated rings. The summed E-state index contributed by atoms with van der Waals surface area (Å²) in [5.41, 5.74) is 0.210. The van der Waals surface area contributed by atoms with E-state index in [-0.39, 0.29) is 5.41 Å². The quantitative estimate of drug-likeness (QED) is 0.634. The minimum absolute atomic E-state index is 0.210. The maximum absolute atomic E-state index is 5.46. The van der Waals surface area contributed by atoms with Crippen molar-refractivity contribution in [2.24, 2.45) is 5.41 Å². The van der Waals surface area contributed by atoms with Gasteiger partial charge in [0, 0.05) is 25.0 Å². The third kappa shape index (κ3) is 2.23. The lowest BCUT2D eigenvalue weighted by molar-refractivity contribution is -0.00361. The van der Waals surface area contributed by atoms with Crippen molar-refractivity contribution in [1.29, 1.82) is 0 Å². The van der Waals surface area contributed by atoms with Gasteiger partial charge in [-0.25, -0.2) is 0 Å². The van der Waals surface area contributed by atoms with Crippen LogP contribution in [0.1, 0.15) is 19.3 Å². The molecule has 2 heteroatoms. The highest BCUT2D eigenvalue weighted by Gasteiger charge is 2.31. The molecule has 1 atom stereocenters. The van der Waals surface area contributed by atoms with E-state index >= 15 is 0 Å². The Bertz CT molecular complexity index is 160. The Labute approximate surface area is 74.7 Å². The normalized spacial score (nSPS) is 29.7. The zero-order chi connectivity index (χ0) is 8.86. The maximum Gasteiger partial charge on any atom is 0.0543 e. The second kappa shape index (κ2) is 4.49. The molecule has 0 radical (unpaired) electrons. The van der Waals surface area contributed by atoms with Gasteiger partial charge in [0.2, 0.25) is 0 Å². The highest BCUT2D eigenvalue weighted by molar-refractivity contribution is 4.96. The summed E-state index contributed by atoms with van der Waals surface area (Å²) in [4.78, 5) is 0. The van der Waals surface area contributed by atoms with Gasteiger partial charge in [-0.1, -0.05) is 0 Å². The van der Waals surface area contributed by atoms with Crippen LogP contribution in [0.25, 0.3) is 0 Å². The molecule has 0 aromatic rings. The second-order valence-electron chi connectivity index (χ2n) is 3.57. The van der Waals surface area contributed by atoms with Crippen LogP contribution >= 0.6 is 0 Å². The standard InChI is InChI=1S/C10H17NO/c1-3-5-10(8-11-2)6-4-7-12-9-10/h1,11H,4-9H2,2H3. The number of hydrogen-bond donors (Lipinski definition) is 1. The Morgan fingerprint density at radius 2 is 2.50 bits per heavy atom. The monoisotopic (exact) mass is 167 g/mol. The van der Waals surface area contributed by atoms with E-state index < -0.39 is 0 Å². The largest absolute Gasteiger partial charge is 0.381 e. The maximum atomic E-state index is 5.46. The molecule has 1 heterocycles. The van der Waals surface area contributed by atoms with Gasteiger partial charge < -0.3 is 10.1 Å². The first-order valence-electron chi connectivity index (χ1n) is 4.49. The summed E-state index contributed by atoms with van der Waals surface area (Å²) in [6.45, 7) is 2.69. The van der Waals surface area contributed by atoms with Crippen molar-refractivity contribution in [3.05, 3.63) is 0 Å². The van der Waals surface area contributed by atoms with Gasteiger partial charge in [-0.15, -0.1) is 12.3 Å². The summed E-state index contributed by atoms with van der Waals surface area (Å²) < 4.78 is 5.46.